The number of para-hydroxylation sites is 1. The average molecular weight is 442 g/mol. The monoisotopic (exact) mass is 442 g/mol. The third kappa shape index (κ3) is 3.55. The maximum atomic E-state index is 14.0. The van der Waals surface area contributed by atoms with Crippen LogP contribution in [0.2, 0.25) is 0 Å². The molecule has 2 N–H and O–H groups in total. The predicted octanol–water partition coefficient (Wildman–Crippen LogP) is 3.59. The van der Waals surface area contributed by atoms with Crippen molar-refractivity contribution in [3.8, 4) is 17.3 Å². The Morgan fingerprint density at radius 3 is 2.69 bits per heavy atom. The van der Waals surface area contributed by atoms with Gasteiger partial charge < -0.3 is 10.5 Å². The maximum absolute atomic E-state index is 14.0. The second-order valence-corrected chi connectivity index (χ2v) is 7.93. The Kier molecular flexibility index (Phi) is 4.98. The fraction of sp³-hybridized carbons (Fsp3) is 0.318. The van der Waals surface area contributed by atoms with Crippen molar-refractivity contribution in [1.82, 2.24) is 24.5 Å². The van der Waals surface area contributed by atoms with E-state index >= 15 is 0 Å². The van der Waals surface area contributed by atoms with Gasteiger partial charge in [-0.1, -0.05) is 24.3 Å². The van der Waals surface area contributed by atoms with E-state index in [1.54, 1.807) is 29.7 Å². The number of ether oxygens (including phenoxy) is 1. The van der Waals surface area contributed by atoms with E-state index in [2.05, 4.69) is 15.2 Å². The van der Waals surface area contributed by atoms with Gasteiger partial charge in [-0.2, -0.15) is 13.2 Å². The van der Waals surface area contributed by atoms with Crippen LogP contribution in [-0.4, -0.2) is 56.9 Å². The first-order chi connectivity index (χ1) is 15.3. The lowest BCUT2D eigenvalue weighted by molar-refractivity contribution is -0.183. The number of aromatic nitrogens is 4. The fourth-order valence-electron chi connectivity index (χ4n) is 4.31. The number of methoxy groups -OCH3 is 1. The summed E-state index contributed by atoms with van der Waals surface area (Å²) in [6.45, 7) is 0.494. The Balaban J connectivity index is 1.62. The molecule has 1 unspecified atom stereocenters. The van der Waals surface area contributed by atoms with Gasteiger partial charge in [0.2, 0.25) is 0 Å². The molecule has 3 aromatic heterocycles. The van der Waals surface area contributed by atoms with Crippen LogP contribution in [0.1, 0.15) is 18.0 Å². The molecule has 1 fully saturated rings. The lowest BCUT2D eigenvalue weighted by Gasteiger charge is -2.30. The number of likely N-dealkylation sites (tertiary alicyclic amines) is 1. The highest BCUT2D eigenvalue weighted by molar-refractivity contribution is 5.86. The third-order valence-corrected chi connectivity index (χ3v) is 5.80. The van der Waals surface area contributed by atoms with Gasteiger partial charge >= 0.3 is 6.18 Å². The second-order valence-electron chi connectivity index (χ2n) is 7.93. The molecule has 1 aromatic carbocycles. The minimum absolute atomic E-state index is 0.110. The lowest BCUT2D eigenvalue weighted by Crippen LogP contribution is -2.38. The fourth-order valence-corrected chi connectivity index (χ4v) is 4.31. The number of benzene rings is 1. The molecule has 5 rings (SSSR count). The molecule has 0 bridgehead atoms. The van der Waals surface area contributed by atoms with E-state index in [0.29, 0.717) is 41.4 Å². The van der Waals surface area contributed by atoms with Crippen LogP contribution < -0.4 is 10.5 Å². The van der Waals surface area contributed by atoms with Gasteiger partial charge in [0, 0.05) is 30.7 Å². The van der Waals surface area contributed by atoms with E-state index in [1.165, 1.54) is 17.2 Å². The molecule has 0 saturated carbocycles. The van der Waals surface area contributed by atoms with Crippen LogP contribution >= 0.6 is 0 Å². The van der Waals surface area contributed by atoms with Crippen molar-refractivity contribution in [3.05, 3.63) is 54.2 Å². The minimum atomic E-state index is -4.44. The Hall–Kier alpha value is -3.24. The molecule has 1 aliphatic heterocycles. The summed E-state index contributed by atoms with van der Waals surface area (Å²) in [4.78, 5) is 6.04. The summed E-state index contributed by atoms with van der Waals surface area (Å²) in [5.74, 6) is 0.954. The minimum Gasteiger partial charge on any atom is -0.494 e. The molecule has 1 saturated heterocycles. The van der Waals surface area contributed by atoms with E-state index in [-0.39, 0.29) is 18.2 Å². The van der Waals surface area contributed by atoms with E-state index in [1.807, 2.05) is 18.2 Å². The molecule has 4 aromatic rings. The van der Waals surface area contributed by atoms with Crippen LogP contribution in [0.4, 0.5) is 13.2 Å². The zero-order valence-electron chi connectivity index (χ0n) is 17.3. The predicted molar refractivity (Wildman–Crippen MR) is 113 cm³/mol. The highest BCUT2D eigenvalue weighted by Gasteiger charge is 2.46. The molecule has 1 aliphatic rings. The largest absolute Gasteiger partial charge is 0.494 e. The number of hydrogen-bond donors (Lipinski definition) is 1. The Labute approximate surface area is 181 Å². The Morgan fingerprint density at radius 2 is 1.97 bits per heavy atom. The SMILES string of the molecule is COc1cccc2ccc(-c3nnc4ccc([C@@H](N5CCC(N)C5)C(F)(F)F)cn34)nc12. The number of fused-ring (bicyclic) bond motifs is 2. The number of pyridine rings is 2. The normalized spacial score (nSPS) is 18.5. The van der Waals surface area contributed by atoms with Gasteiger partial charge in [0.1, 0.15) is 23.0 Å². The number of alkyl halides is 3. The third-order valence-electron chi connectivity index (χ3n) is 5.80. The van der Waals surface area contributed by atoms with Gasteiger partial charge in [-0.25, -0.2) is 4.98 Å². The van der Waals surface area contributed by atoms with Crippen molar-refractivity contribution in [2.45, 2.75) is 24.7 Å². The van der Waals surface area contributed by atoms with Gasteiger partial charge in [0.25, 0.3) is 0 Å². The van der Waals surface area contributed by atoms with Gasteiger partial charge in [-0.05, 0) is 30.2 Å². The summed E-state index contributed by atoms with van der Waals surface area (Å²) in [6.07, 6.45) is -2.46. The zero-order chi connectivity index (χ0) is 22.5. The molecule has 10 heteroatoms. The van der Waals surface area contributed by atoms with Crippen molar-refractivity contribution < 1.29 is 17.9 Å². The van der Waals surface area contributed by atoms with Gasteiger partial charge in [0.15, 0.2) is 11.5 Å². The summed E-state index contributed by atoms with van der Waals surface area (Å²) in [5.41, 5.74) is 7.54. The van der Waals surface area contributed by atoms with Crippen LogP contribution in [0.25, 0.3) is 28.1 Å². The molecule has 166 valence electrons. The number of nitrogens with zero attached hydrogens (tertiary/aromatic N) is 5. The summed E-state index contributed by atoms with van der Waals surface area (Å²) < 4.78 is 49.1. The van der Waals surface area contributed by atoms with Crippen LogP contribution in [0.5, 0.6) is 5.75 Å². The topological polar surface area (TPSA) is 81.6 Å². The van der Waals surface area contributed by atoms with Crippen molar-refractivity contribution in [2.24, 2.45) is 5.73 Å². The number of rotatable bonds is 4. The summed E-state index contributed by atoms with van der Waals surface area (Å²) in [6, 6.07) is 10.2. The first-order valence-electron chi connectivity index (χ1n) is 10.2. The molecule has 2 atom stereocenters. The average Bonchev–Trinajstić information content (AvgIpc) is 3.38. The first kappa shape index (κ1) is 20.7. The van der Waals surface area contributed by atoms with Crippen LogP contribution in [0.3, 0.4) is 0 Å². The molecular weight excluding hydrogens is 421 g/mol. The standard InChI is InChI=1S/C22H21F3N6O/c1-32-17-4-2-3-13-5-7-16(27-19(13)17)21-29-28-18-8-6-14(11-31(18)21)20(22(23,24)25)30-10-9-15(26)12-30/h2-8,11,15,20H,9-10,12,26H2,1H3/t15?,20-/m1/s1. The maximum Gasteiger partial charge on any atom is 0.408 e. The molecule has 32 heavy (non-hydrogen) atoms. The second kappa shape index (κ2) is 7.72. The highest BCUT2D eigenvalue weighted by Crippen LogP contribution is 2.39. The Bertz CT molecular complexity index is 1290. The number of nitrogens with two attached hydrogens (primary N) is 1. The molecule has 0 radical (unpaired) electrons. The van der Waals surface area contributed by atoms with Gasteiger partial charge in [-0.3, -0.25) is 9.30 Å². The van der Waals surface area contributed by atoms with Crippen molar-refractivity contribution in [1.29, 1.82) is 0 Å². The van der Waals surface area contributed by atoms with Crippen molar-refractivity contribution in [2.75, 3.05) is 20.2 Å². The van der Waals surface area contributed by atoms with Crippen molar-refractivity contribution in [3.63, 3.8) is 0 Å². The number of hydrogen-bond acceptors (Lipinski definition) is 6. The van der Waals surface area contributed by atoms with Crippen molar-refractivity contribution >= 4 is 16.6 Å². The van der Waals surface area contributed by atoms with E-state index in [0.717, 1.165) is 5.39 Å². The molecule has 0 amide bonds. The quantitative estimate of drug-likeness (QED) is 0.520. The first-order valence-corrected chi connectivity index (χ1v) is 10.2. The van der Waals surface area contributed by atoms with Crippen LogP contribution in [0.15, 0.2) is 48.7 Å². The molecular formula is C22H21F3N6O. The van der Waals surface area contributed by atoms with Gasteiger partial charge in [-0.15, -0.1) is 10.2 Å². The summed E-state index contributed by atoms with van der Waals surface area (Å²) >= 11 is 0. The number of halogens is 3. The molecule has 4 heterocycles. The molecule has 7 nitrogen and oxygen atoms in total. The summed E-state index contributed by atoms with van der Waals surface area (Å²) in [7, 11) is 1.56. The van der Waals surface area contributed by atoms with Crippen LogP contribution in [-0.2, 0) is 0 Å². The highest BCUT2D eigenvalue weighted by atomic mass is 19.4. The van der Waals surface area contributed by atoms with Crippen LogP contribution in [0, 0.1) is 0 Å². The summed E-state index contributed by atoms with van der Waals surface area (Å²) in [5, 5.41) is 9.19. The van der Waals surface area contributed by atoms with E-state index < -0.39 is 12.2 Å². The molecule has 0 spiro atoms. The smallest absolute Gasteiger partial charge is 0.408 e. The van der Waals surface area contributed by atoms with E-state index in [4.69, 9.17) is 10.5 Å². The molecule has 0 aliphatic carbocycles. The Morgan fingerprint density at radius 1 is 1.12 bits per heavy atom. The zero-order valence-corrected chi connectivity index (χ0v) is 17.3. The van der Waals surface area contributed by atoms with Gasteiger partial charge in [0.05, 0.1) is 7.11 Å². The lowest BCUT2D eigenvalue weighted by atomic mass is 10.1. The van der Waals surface area contributed by atoms with E-state index in [9.17, 15) is 13.2 Å².